The van der Waals surface area contributed by atoms with Gasteiger partial charge < -0.3 is 18.9 Å². The van der Waals surface area contributed by atoms with Gasteiger partial charge in [0.2, 0.25) is 0 Å². The second-order valence-corrected chi connectivity index (χ2v) is 7.51. The third kappa shape index (κ3) is 5.82. The molecule has 0 saturated carbocycles. The fourth-order valence-electron chi connectivity index (χ4n) is 3.67. The van der Waals surface area contributed by atoms with E-state index < -0.39 is 0 Å². The van der Waals surface area contributed by atoms with Crippen molar-refractivity contribution in [3.63, 3.8) is 0 Å². The number of hydrogen-bond acceptors (Lipinski definition) is 4. The highest BCUT2D eigenvalue weighted by Gasteiger charge is 2.41. The lowest BCUT2D eigenvalue weighted by Gasteiger charge is -2.27. The standard InChI is InChI=1S/C27H28O4/c1-28-24-17-25(29-18-21-11-5-2-6-12-21)27(31-20-23-15-9-4-10-16-23)26(24)30-19-22-13-7-3-8-14-22/h2-17,25-27H,18-20H2,1H3/t25-,26+,27+/m1/s1. The Labute approximate surface area is 184 Å². The fourth-order valence-corrected chi connectivity index (χ4v) is 3.67. The summed E-state index contributed by atoms with van der Waals surface area (Å²) in [4.78, 5) is 0. The van der Waals surface area contributed by atoms with E-state index in [0.29, 0.717) is 19.8 Å². The van der Waals surface area contributed by atoms with Crippen molar-refractivity contribution in [2.24, 2.45) is 0 Å². The van der Waals surface area contributed by atoms with Gasteiger partial charge in [-0.15, -0.1) is 0 Å². The van der Waals surface area contributed by atoms with Gasteiger partial charge in [-0.2, -0.15) is 0 Å². The lowest BCUT2D eigenvalue weighted by atomic mass is 10.1. The molecule has 0 N–H and O–H groups in total. The van der Waals surface area contributed by atoms with Crippen molar-refractivity contribution in [3.8, 4) is 0 Å². The van der Waals surface area contributed by atoms with E-state index in [-0.39, 0.29) is 18.3 Å². The zero-order valence-corrected chi connectivity index (χ0v) is 17.7. The molecule has 31 heavy (non-hydrogen) atoms. The molecule has 160 valence electrons. The molecule has 3 atom stereocenters. The summed E-state index contributed by atoms with van der Waals surface area (Å²) in [6.07, 6.45) is 1.07. The smallest absolute Gasteiger partial charge is 0.144 e. The maximum absolute atomic E-state index is 6.34. The minimum atomic E-state index is -0.338. The van der Waals surface area contributed by atoms with Gasteiger partial charge in [-0.1, -0.05) is 91.0 Å². The SMILES string of the molecule is COC1=C[C@@H](OCc2ccccc2)[C@H](OCc2ccccc2)[C@H]1OCc1ccccc1. The quantitative estimate of drug-likeness (QED) is 0.450. The van der Waals surface area contributed by atoms with Crippen LogP contribution < -0.4 is 0 Å². The number of methoxy groups -OCH3 is 1. The monoisotopic (exact) mass is 416 g/mol. The zero-order chi connectivity index (χ0) is 21.3. The van der Waals surface area contributed by atoms with Crippen molar-refractivity contribution >= 4 is 0 Å². The Kier molecular flexibility index (Phi) is 7.51. The minimum Gasteiger partial charge on any atom is -0.498 e. The van der Waals surface area contributed by atoms with Crippen LogP contribution in [0.15, 0.2) is 103 Å². The zero-order valence-electron chi connectivity index (χ0n) is 17.7. The molecule has 0 heterocycles. The fraction of sp³-hybridized carbons (Fsp3) is 0.259. The number of benzene rings is 3. The van der Waals surface area contributed by atoms with Crippen LogP contribution in [0.25, 0.3) is 0 Å². The van der Waals surface area contributed by atoms with Gasteiger partial charge in [0.05, 0.1) is 26.9 Å². The third-order valence-electron chi connectivity index (χ3n) is 5.31. The van der Waals surface area contributed by atoms with Crippen LogP contribution in [-0.2, 0) is 38.8 Å². The average molecular weight is 417 g/mol. The molecule has 4 heteroatoms. The van der Waals surface area contributed by atoms with E-state index >= 15 is 0 Å². The van der Waals surface area contributed by atoms with E-state index in [4.69, 9.17) is 18.9 Å². The summed E-state index contributed by atoms with van der Waals surface area (Å²) >= 11 is 0. The molecule has 0 unspecified atom stereocenters. The highest BCUT2D eigenvalue weighted by molar-refractivity contribution is 5.21. The molecule has 0 radical (unpaired) electrons. The maximum atomic E-state index is 6.34. The van der Waals surface area contributed by atoms with Gasteiger partial charge in [-0.05, 0) is 22.8 Å². The lowest BCUT2D eigenvalue weighted by molar-refractivity contribution is -0.122. The van der Waals surface area contributed by atoms with Crippen LogP contribution in [0.1, 0.15) is 16.7 Å². The largest absolute Gasteiger partial charge is 0.498 e. The van der Waals surface area contributed by atoms with Crippen molar-refractivity contribution in [3.05, 3.63) is 120 Å². The first-order chi connectivity index (χ1) is 15.3. The van der Waals surface area contributed by atoms with Crippen LogP contribution in [0.3, 0.4) is 0 Å². The first-order valence-electron chi connectivity index (χ1n) is 10.6. The van der Waals surface area contributed by atoms with E-state index in [1.807, 2.05) is 72.8 Å². The Morgan fingerprint density at radius 1 is 0.581 bits per heavy atom. The summed E-state index contributed by atoms with van der Waals surface area (Å²) < 4.78 is 24.5. The molecule has 4 nitrogen and oxygen atoms in total. The molecule has 1 aliphatic rings. The van der Waals surface area contributed by atoms with Crippen LogP contribution in [0.2, 0.25) is 0 Å². The Morgan fingerprint density at radius 2 is 1.03 bits per heavy atom. The molecule has 0 amide bonds. The number of ether oxygens (including phenoxy) is 4. The molecule has 3 aromatic carbocycles. The van der Waals surface area contributed by atoms with Crippen LogP contribution in [-0.4, -0.2) is 25.4 Å². The highest BCUT2D eigenvalue weighted by Crippen LogP contribution is 2.30. The van der Waals surface area contributed by atoms with E-state index in [2.05, 4.69) is 24.3 Å². The highest BCUT2D eigenvalue weighted by atomic mass is 16.6. The topological polar surface area (TPSA) is 36.9 Å². The van der Waals surface area contributed by atoms with Crippen LogP contribution in [0.4, 0.5) is 0 Å². The average Bonchev–Trinajstić information content (AvgIpc) is 3.18. The van der Waals surface area contributed by atoms with Gasteiger partial charge in [0.1, 0.15) is 24.1 Å². The van der Waals surface area contributed by atoms with Gasteiger partial charge in [-0.25, -0.2) is 0 Å². The molecular formula is C27H28O4. The van der Waals surface area contributed by atoms with E-state index in [1.54, 1.807) is 7.11 Å². The molecule has 0 bridgehead atoms. The summed E-state index contributed by atoms with van der Waals surface area (Å²) in [5.74, 6) is 0.743. The predicted molar refractivity (Wildman–Crippen MR) is 120 cm³/mol. The van der Waals surface area contributed by atoms with Crippen LogP contribution in [0, 0.1) is 0 Å². The molecule has 4 rings (SSSR count). The number of hydrogen-bond donors (Lipinski definition) is 0. The molecule has 1 aliphatic carbocycles. The second kappa shape index (κ2) is 10.9. The van der Waals surface area contributed by atoms with Crippen LogP contribution >= 0.6 is 0 Å². The molecular weight excluding hydrogens is 388 g/mol. The Balaban J connectivity index is 1.47. The van der Waals surface area contributed by atoms with Crippen molar-refractivity contribution in [2.45, 2.75) is 38.1 Å². The number of rotatable bonds is 10. The van der Waals surface area contributed by atoms with Gasteiger partial charge in [0, 0.05) is 0 Å². The lowest BCUT2D eigenvalue weighted by Crippen LogP contribution is -2.37. The first kappa shape index (κ1) is 21.3. The predicted octanol–water partition coefficient (Wildman–Crippen LogP) is 5.29. The molecule has 0 saturated heterocycles. The Bertz CT molecular complexity index is 941. The Hall–Kier alpha value is -2.92. The molecule has 0 fully saturated rings. The van der Waals surface area contributed by atoms with Crippen molar-refractivity contribution < 1.29 is 18.9 Å². The van der Waals surface area contributed by atoms with E-state index in [0.717, 1.165) is 22.4 Å². The van der Waals surface area contributed by atoms with Gasteiger partial charge >= 0.3 is 0 Å². The van der Waals surface area contributed by atoms with Gasteiger partial charge in [-0.3, -0.25) is 0 Å². The molecule has 0 aliphatic heterocycles. The maximum Gasteiger partial charge on any atom is 0.144 e. The molecule has 3 aromatic rings. The summed E-state index contributed by atoms with van der Waals surface area (Å²) in [7, 11) is 1.67. The summed E-state index contributed by atoms with van der Waals surface area (Å²) in [6.45, 7) is 1.45. The second-order valence-electron chi connectivity index (χ2n) is 7.51. The molecule has 0 spiro atoms. The summed E-state index contributed by atoms with van der Waals surface area (Å²) in [6, 6.07) is 30.4. The van der Waals surface area contributed by atoms with Crippen LogP contribution in [0.5, 0.6) is 0 Å². The normalized spacial score (nSPS) is 20.4. The van der Waals surface area contributed by atoms with Crippen molar-refractivity contribution in [1.82, 2.24) is 0 Å². The Morgan fingerprint density at radius 3 is 1.52 bits per heavy atom. The van der Waals surface area contributed by atoms with Gasteiger partial charge in [0.15, 0.2) is 0 Å². The summed E-state index contributed by atoms with van der Waals surface area (Å²) in [5, 5.41) is 0. The van der Waals surface area contributed by atoms with E-state index in [1.165, 1.54) is 0 Å². The van der Waals surface area contributed by atoms with Crippen molar-refractivity contribution in [2.75, 3.05) is 7.11 Å². The van der Waals surface area contributed by atoms with E-state index in [9.17, 15) is 0 Å². The third-order valence-corrected chi connectivity index (χ3v) is 5.31. The minimum absolute atomic E-state index is 0.264. The first-order valence-corrected chi connectivity index (χ1v) is 10.6. The molecule has 0 aromatic heterocycles. The van der Waals surface area contributed by atoms with Gasteiger partial charge in [0.25, 0.3) is 0 Å². The summed E-state index contributed by atoms with van der Waals surface area (Å²) in [5.41, 5.74) is 3.33. The van der Waals surface area contributed by atoms with Crippen molar-refractivity contribution in [1.29, 1.82) is 0 Å².